The number of pyridine rings is 1. The van der Waals surface area contributed by atoms with E-state index >= 15 is 0 Å². The number of amides is 1. The predicted octanol–water partition coefficient (Wildman–Crippen LogP) is 3.83. The molecule has 0 unspecified atom stereocenters. The van der Waals surface area contributed by atoms with Crippen molar-refractivity contribution in [2.45, 2.75) is 31.7 Å². The SMILES string of the molecule is C[C@H]1c2c(cc(Cl)cc2C(F)(F)F)CCN1C(=O)[C@H]1CN(c2cncc3nc(N)oc23)CCO1. The second-order valence-corrected chi connectivity index (χ2v) is 8.78. The molecule has 2 aliphatic rings. The van der Waals surface area contributed by atoms with E-state index in [1.54, 1.807) is 19.2 Å². The van der Waals surface area contributed by atoms with Gasteiger partial charge in [0.25, 0.3) is 11.9 Å². The van der Waals surface area contributed by atoms with Crippen molar-refractivity contribution < 1.29 is 27.1 Å². The van der Waals surface area contributed by atoms with Gasteiger partial charge in [-0.25, -0.2) is 0 Å². The van der Waals surface area contributed by atoms with E-state index in [9.17, 15) is 18.0 Å². The van der Waals surface area contributed by atoms with Crippen molar-refractivity contribution in [1.29, 1.82) is 0 Å². The van der Waals surface area contributed by atoms with Crippen LogP contribution in [0.25, 0.3) is 11.1 Å². The lowest BCUT2D eigenvalue weighted by Gasteiger charge is -2.41. The molecule has 0 radical (unpaired) electrons. The number of hydrogen-bond acceptors (Lipinski definition) is 7. The zero-order valence-corrected chi connectivity index (χ0v) is 18.9. The van der Waals surface area contributed by atoms with E-state index in [1.165, 1.54) is 11.1 Å². The molecule has 1 aromatic carbocycles. The summed E-state index contributed by atoms with van der Waals surface area (Å²) in [5.74, 6) is -0.372. The number of benzene rings is 1. The molecular formula is C22H21ClF3N5O3. The first kappa shape index (κ1) is 22.7. The van der Waals surface area contributed by atoms with Gasteiger partial charge in [0.1, 0.15) is 11.2 Å². The molecule has 8 nitrogen and oxygen atoms in total. The minimum absolute atomic E-state index is 0.00603. The number of alkyl halides is 3. The fourth-order valence-electron chi connectivity index (χ4n) is 4.79. The van der Waals surface area contributed by atoms with Crippen LogP contribution in [-0.4, -0.2) is 53.1 Å². The topological polar surface area (TPSA) is 97.7 Å². The Bertz CT molecular complexity index is 1260. The van der Waals surface area contributed by atoms with E-state index in [2.05, 4.69) is 9.97 Å². The normalized spacial score (nSPS) is 21.1. The molecule has 2 aliphatic heterocycles. The van der Waals surface area contributed by atoms with Gasteiger partial charge < -0.3 is 24.7 Å². The van der Waals surface area contributed by atoms with E-state index in [4.69, 9.17) is 26.5 Å². The Morgan fingerprint density at radius 2 is 2.06 bits per heavy atom. The third-order valence-electron chi connectivity index (χ3n) is 6.31. The maximum atomic E-state index is 13.8. The smallest absolute Gasteiger partial charge is 0.416 e. The Morgan fingerprint density at radius 3 is 2.82 bits per heavy atom. The number of nitrogen functional groups attached to an aromatic ring is 1. The van der Waals surface area contributed by atoms with E-state index in [1.807, 2.05) is 4.90 Å². The summed E-state index contributed by atoms with van der Waals surface area (Å²) in [7, 11) is 0. The molecular weight excluding hydrogens is 475 g/mol. The number of hydrogen-bond donors (Lipinski definition) is 1. The highest BCUT2D eigenvalue weighted by Crippen LogP contribution is 2.42. The van der Waals surface area contributed by atoms with Crippen molar-refractivity contribution >= 4 is 40.3 Å². The lowest BCUT2D eigenvalue weighted by molar-refractivity contribution is -0.149. The van der Waals surface area contributed by atoms with Gasteiger partial charge in [0.05, 0.1) is 37.2 Å². The van der Waals surface area contributed by atoms with Gasteiger partial charge in [-0.2, -0.15) is 18.2 Å². The first-order valence-corrected chi connectivity index (χ1v) is 11.1. The number of ether oxygens (including phenoxy) is 1. The number of anilines is 2. The lowest BCUT2D eigenvalue weighted by atomic mass is 9.88. The van der Waals surface area contributed by atoms with Crippen molar-refractivity contribution in [2.24, 2.45) is 0 Å². The molecule has 2 aromatic heterocycles. The summed E-state index contributed by atoms with van der Waals surface area (Å²) in [6.07, 6.45) is -2.06. The van der Waals surface area contributed by atoms with Crippen molar-refractivity contribution in [3.8, 4) is 0 Å². The monoisotopic (exact) mass is 495 g/mol. The maximum Gasteiger partial charge on any atom is 0.416 e. The second-order valence-electron chi connectivity index (χ2n) is 8.35. The molecule has 0 spiro atoms. The van der Waals surface area contributed by atoms with Gasteiger partial charge in [-0.1, -0.05) is 11.6 Å². The number of carbonyl (C=O) groups is 1. The minimum atomic E-state index is -4.59. The van der Waals surface area contributed by atoms with Crippen LogP contribution < -0.4 is 10.6 Å². The van der Waals surface area contributed by atoms with Crippen LogP contribution in [-0.2, 0) is 22.1 Å². The average Bonchev–Trinajstić information content (AvgIpc) is 3.18. The number of morpholine rings is 1. The molecule has 12 heteroatoms. The van der Waals surface area contributed by atoms with Gasteiger partial charge >= 0.3 is 6.18 Å². The maximum absolute atomic E-state index is 13.8. The number of carbonyl (C=O) groups excluding carboxylic acids is 1. The fourth-order valence-corrected chi connectivity index (χ4v) is 5.03. The Morgan fingerprint density at radius 1 is 1.26 bits per heavy atom. The number of nitrogens with two attached hydrogens (primary N) is 1. The Balaban J connectivity index is 1.41. The van der Waals surface area contributed by atoms with Gasteiger partial charge in [0.15, 0.2) is 11.7 Å². The first-order valence-electron chi connectivity index (χ1n) is 10.7. The molecule has 1 saturated heterocycles. The van der Waals surface area contributed by atoms with E-state index in [0.717, 1.165) is 6.07 Å². The van der Waals surface area contributed by atoms with Crippen molar-refractivity contribution in [3.63, 3.8) is 0 Å². The molecule has 0 saturated carbocycles. The van der Waals surface area contributed by atoms with Gasteiger partial charge in [-0.05, 0) is 36.6 Å². The first-order chi connectivity index (χ1) is 16.1. The van der Waals surface area contributed by atoms with Crippen LogP contribution in [0.2, 0.25) is 5.02 Å². The molecule has 180 valence electrons. The van der Waals surface area contributed by atoms with Crippen LogP contribution in [0.5, 0.6) is 0 Å². The third kappa shape index (κ3) is 3.92. The standard InChI is InChI=1S/C22H21ClF3N5O3/c1-11-18-12(6-13(23)7-14(18)22(24,25)26)2-3-31(11)20(32)17-10-30(4-5-33-17)16-9-28-8-15-19(16)34-21(27)29-15/h6-9,11,17H,2-5,10H2,1H3,(H2,27,29)/t11-,17+/m0/s1. The summed E-state index contributed by atoms with van der Waals surface area (Å²) in [6.45, 7) is 2.77. The summed E-state index contributed by atoms with van der Waals surface area (Å²) in [5, 5.41) is 0.0279. The molecule has 1 fully saturated rings. The predicted molar refractivity (Wildman–Crippen MR) is 118 cm³/mol. The molecule has 3 aromatic rings. The summed E-state index contributed by atoms with van der Waals surface area (Å²) in [4.78, 5) is 25.0. The fraction of sp³-hybridized carbons (Fsp3) is 0.409. The summed E-state index contributed by atoms with van der Waals surface area (Å²) in [5.41, 5.74) is 7.00. The molecule has 2 atom stereocenters. The van der Waals surface area contributed by atoms with E-state index in [0.29, 0.717) is 28.9 Å². The highest BCUT2D eigenvalue weighted by molar-refractivity contribution is 6.30. The molecule has 0 aliphatic carbocycles. The molecule has 4 heterocycles. The molecule has 0 bridgehead atoms. The van der Waals surface area contributed by atoms with Crippen LogP contribution in [0.3, 0.4) is 0 Å². The quantitative estimate of drug-likeness (QED) is 0.577. The van der Waals surface area contributed by atoms with E-state index in [-0.39, 0.29) is 48.6 Å². The number of nitrogens with zero attached hydrogens (tertiary/aromatic N) is 4. The number of halogens is 4. The number of oxazole rings is 1. The van der Waals surface area contributed by atoms with Crippen molar-refractivity contribution in [3.05, 3.63) is 46.2 Å². The van der Waals surface area contributed by atoms with Crippen molar-refractivity contribution in [2.75, 3.05) is 36.9 Å². The number of fused-ring (bicyclic) bond motifs is 2. The van der Waals surface area contributed by atoms with Gasteiger partial charge in [0.2, 0.25) is 0 Å². The third-order valence-corrected chi connectivity index (χ3v) is 6.52. The highest BCUT2D eigenvalue weighted by atomic mass is 35.5. The molecule has 1 amide bonds. The molecule has 2 N–H and O–H groups in total. The lowest BCUT2D eigenvalue weighted by Crippen LogP contribution is -2.53. The second kappa shape index (κ2) is 8.31. The molecule has 34 heavy (non-hydrogen) atoms. The summed E-state index contributed by atoms with van der Waals surface area (Å²) in [6, 6.07) is 1.68. The summed E-state index contributed by atoms with van der Waals surface area (Å²) >= 11 is 5.94. The van der Waals surface area contributed by atoms with Gasteiger partial charge in [-0.15, -0.1) is 0 Å². The molecule has 5 rings (SSSR count). The summed E-state index contributed by atoms with van der Waals surface area (Å²) < 4.78 is 52.5. The Kier molecular flexibility index (Phi) is 5.56. The van der Waals surface area contributed by atoms with Crippen LogP contribution >= 0.6 is 11.6 Å². The Labute approximate surface area is 197 Å². The largest absolute Gasteiger partial charge is 0.421 e. The van der Waals surface area contributed by atoms with Gasteiger partial charge in [0, 0.05) is 18.1 Å². The van der Waals surface area contributed by atoms with Crippen LogP contribution in [0.15, 0.2) is 28.9 Å². The van der Waals surface area contributed by atoms with Gasteiger partial charge in [-0.3, -0.25) is 9.78 Å². The van der Waals surface area contributed by atoms with Crippen LogP contribution in [0.4, 0.5) is 24.9 Å². The zero-order chi connectivity index (χ0) is 24.2. The average molecular weight is 496 g/mol. The highest BCUT2D eigenvalue weighted by Gasteiger charge is 2.41. The van der Waals surface area contributed by atoms with E-state index < -0.39 is 23.9 Å². The minimum Gasteiger partial charge on any atom is -0.421 e. The number of rotatable bonds is 2. The van der Waals surface area contributed by atoms with Crippen molar-refractivity contribution in [1.82, 2.24) is 14.9 Å². The van der Waals surface area contributed by atoms with Crippen LogP contribution in [0.1, 0.15) is 29.7 Å². The number of aromatic nitrogens is 2. The Hall–Kier alpha value is -3.05. The zero-order valence-electron chi connectivity index (χ0n) is 18.1. The van der Waals surface area contributed by atoms with Crippen LogP contribution in [0, 0.1) is 0 Å².